The highest BCUT2D eigenvalue weighted by molar-refractivity contribution is 7.99. The van der Waals surface area contributed by atoms with Crippen molar-refractivity contribution in [2.24, 2.45) is 0 Å². The van der Waals surface area contributed by atoms with E-state index in [1.165, 1.54) is 11.8 Å². The number of benzene rings is 2. The van der Waals surface area contributed by atoms with Crippen molar-refractivity contribution in [3.05, 3.63) is 89.1 Å². The molecule has 4 aromatic rings. The Hall–Kier alpha value is -3.14. The second kappa shape index (κ2) is 8.26. The lowest BCUT2D eigenvalue weighted by molar-refractivity contribution is 0.714. The van der Waals surface area contributed by atoms with E-state index in [-0.39, 0.29) is 0 Å². The summed E-state index contributed by atoms with van der Waals surface area (Å²) in [5, 5.41) is 19.8. The summed E-state index contributed by atoms with van der Waals surface area (Å²) in [6, 6.07) is 25.1. The highest BCUT2D eigenvalue weighted by atomic mass is 35.5. The summed E-state index contributed by atoms with van der Waals surface area (Å²) in [7, 11) is 0. The molecule has 0 radical (unpaired) electrons. The van der Waals surface area contributed by atoms with Crippen molar-refractivity contribution in [2.75, 3.05) is 0 Å². The van der Waals surface area contributed by atoms with Gasteiger partial charge in [0, 0.05) is 5.56 Å². The molecule has 0 N–H and O–H groups in total. The first-order valence-corrected chi connectivity index (χ1v) is 9.71. The third-order valence-electron chi connectivity index (χ3n) is 4.05. The van der Waals surface area contributed by atoms with Gasteiger partial charge in [0.2, 0.25) is 0 Å². The van der Waals surface area contributed by atoms with Crippen LogP contribution in [0.25, 0.3) is 11.4 Å². The van der Waals surface area contributed by atoms with Gasteiger partial charge in [-0.2, -0.15) is 5.26 Å². The van der Waals surface area contributed by atoms with Gasteiger partial charge in [0.1, 0.15) is 16.8 Å². The lowest BCUT2D eigenvalue weighted by Crippen LogP contribution is -2.04. The van der Waals surface area contributed by atoms with E-state index in [1.54, 1.807) is 12.1 Å². The molecule has 7 heteroatoms. The second-order valence-corrected chi connectivity index (χ2v) is 7.33. The number of rotatable bonds is 5. The van der Waals surface area contributed by atoms with Crippen molar-refractivity contribution < 1.29 is 0 Å². The number of nitriles is 1. The first kappa shape index (κ1) is 18.2. The average molecular weight is 404 g/mol. The van der Waals surface area contributed by atoms with Gasteiger partial charge in [0.15, 0.2) is 11.0 Å². The van der Waals surface area contributed by atoms with Crippen LogP contribution in [-0.2, 0) is 6.54 Å². The van der Waals surface area contributed by atoms with E-state index in [0.29, 0.717) is 33.3 Å². The number of hydrogen-bond donors (Lipinski definition) is 0. The average Bonchev–Trinajstić information content (AvgIpc) is 3.11. The molecular formula is C21H14ClN5S. The molecule has 0 bridgehead atoms. The molecular weight excluding hydrogens is 390 g/mol. The zero-order valence-corrected chi connectivity index (χ0v) is 16.2. The van der Waals surface area contributed by atoms with Crippen LogP contribution < -0.4 is 0 Å². The number of pyridine rings is 1. The van der Waals surface area contributed by atoms with Crippen molar-refractivity contribution in [1.82, 2.24) is 19.7 Å². The molecule has 136 valence electrons. The summed E-state index contributed by atoms with van der Waals surface area (Å²) in [5.74, 6) is 0.688. The van der Waals surface area contributed by atoms with Crippen LogP contribution in [0.4, 0.5) is 0 Å². The molecule has 28 heavy (non-hydrogen) atoms. The van der Waals surface area contributed by atoms with E-state index in [4.69, 9.17) is 16.9 Å². The quantitative estimate of drug-likeness (QED) is 0.465. The molecule has 0 saturated carbocycles. The largest absolute Gasteiger partial charge is 0.297 e. The molecule has 0 amide bonds. The van der Waals surface area contributed by atoms with Crippen LogP contribution in [-0.4, -0.2) is 19.7 Å². The molecule has 2 heterocycles. The normalized spacial score (nSPS) is 10.6. The van der Waals surface area contributed by atoms with E-state index in [2.05, 4.69) is 33.4 Å². The topological polar surface area (TPSA) is 67.4 Å². The van der Waals surface area contributed by atoms with Crippen molar-refractivity contribution in [1.29, 1.82) is 5.26 Å². The third kappa shape index (κ3) is 3.91. The second-order valence-electron chi connectivity index (χ2n) is 5.93. The molecule has 0 spiro atoms. The van der Waals surface area contributed by atoms with E-state index >= 15 is 0 Å². The van der Waals surface area contributed by atoms with E-state index < -0.39 is 0 Å². The zero-order valence-electron chi connectivity index (χ0n) is 14.7. The highest BCUT2D eigenvalue weighted by Crippen LogP contribution is 2.32. The van der Waals surface area contributed by atoms with Crippen molar-refractivity contribution in [2.45, 2.75) is 16.7 Å². The maximum absolute atomic E-state index is 9.09. The molecule has 0 atom stereocenters. The molecule has 4 rings (SSSR count). The van der Waals surface area contributed by atoms with Crippen LogP contribution in [0.15, 0.2) is 83.0 Å². The Labute approximate surface area is 171 Å². The van der Waals surface area contributed by atoms with Gasteiger partial charge in [0.25, 0.3) is 0 Å². The summed E-state index contributed by atoms with van der Waals surface area (Å²) >= 11 is 7.77. The summed E-state index contributed by atoms with van der Waals surface area (Å²) in [6.07, 6.45) is 0. The Morgan fingerprint density at radius 2 is 1.71 bits per heavy atom. The van der Waals surface area contributed by atoms with Crippen molar-refractivity contribution >= 4 is 23.4 Å². The van der Waals surface area contributed by atoms with Crippen LogP contribution in [0.5, 0.6) is 0 Å². The molecule has 5 nitrogen and oxygen atoms in total. The lowest BCUT2D eigenvalue weighted by atomic mass is 10.2. The number of hydrogen-bond acceptors (Lipinski definition) is 5. The zero-order chi connectivity index (χ0) is 19.3. The van der Waals surface area contributed by atoms with Crippen LogP contribution in [0.3, 0.4) is 0 Å². The fourth-order valence-electron chi connectivity index (χ4n) is 2.74. The summed E-state index contributed by atoms with van der Waals surface area (Å²) < 4.78 is 2.02. The van der Waals surface area contributed by atoms with Crippen LogP contribution in [0.1, 0.15) is 11.3 Å². The standard InChI is InChI=1S/C21H14ClN5S/c22-18-11-5-4-10-17(18)20-25-26-21(27(20)14-15-7-2-1-3-8-15)28-19-12-6-9-16(13-23)24-19/h1-12H,14H2. The Morgan fingerprint density at radius 3 is 2.50 bits per heavy atom. The predicted octanol–water partition coefficient (Wildman–Crippen LogP) is 5.06. The summed E-state index contributed by atoms with van der Waals surface area (Å²) in [6.45, 7) is 0.592. The monoisotopic (exact) mass is 403 g/mol. The van der Waals surface area contributed by atoms with E-state index in [9.17, 15) is 0 Å². The molecule has 0 saturated heterocycles. The van der Waals surface area contributed by atoms with Gasteiger partial charge in [-0.3, -0.25) is 4.57 Å². The molecule has 0 aliphatic carbocycles. The predicted molar refractivity (Wildman–Crippen MR) is 109 cm³/mol. The van der Waals surface area contributed by atoms with Gasteiger partial charge in [-0.1, -0.05) is 60.1 Å². The summed E-state index contributed by atoms with van der Waals surface area (Å²) in [4.78, 5) is 4.33. The highest BCUT2D eigenvalue weighted by Gasteiger charge is 2.18. The van der Waals surface area contributed by atoms with Gasteiger partial charge in [0.05, 0.1) is 11.6 Å². The smallest absolute Gasteiger partial charge is 0.198 e. The number of aromatic nitrogens is 4. The number of halogens is 1. The molecule has 2 aromatic carbocycles. The Bertz CT molecular complexity index is 1150. The molecule has 0 aliphatic heterocycles. The fraction of sp³-hybridized carbons (Fsp3) is 0.0476. The minimum Gasteiger partial charge on any atom is -0.297 e. The minimum atomic E-state index is 0.366. The first-order chi connectivity index (χ1) is 13.7. The SMILES string of the molecule is N#Cc1cccc(Sc2nnc(-c3ccccc3Cl)n2Cc2ccccc2)n1. The van der Waals surface area contributed by atoms with Crippen molar-refractivity contribution in [3.63, 3.8) is 0 Å². The Balaban J connectivity index is 1.78. The lowest BCUT2D eigenvalue weighted by Gasteiger charge is -2.11. The van der Waals surface area contributed by atoms with Crippen molar-refractivity contribution in [3.8, 4) is 17.5 Å². The molecule has 0 aliphatic rings. The molecule has 2 aromatic heterocycles. The van der Waals surface area contributed by atoms with Gasteiger partial charge in [-0.05, 0) is 41.6 Å². The third-order valence-corrected chi connectivity index (χ3v) is 5.30. The van der Waals surface area contributed by atoms with E-state index in [1.807, 2.05) is 53.1 Å². The maximum atomic E-state index is 9.09. The minimum absolute atomic E-state index is 0.366. The van der Waals surface area contributed by atoms with Gasteiger partial charge < -0.3 is 0 Å². The fourth-order valence-corrected chi connectivity index (χ4v) is 3.78. The van der Waals surface area contributed by atoms with Gasteiger partial charge >= 0.3 is 0 Å². The summed E-state index contributed by atoms with van der Waals surface area (Å²) in [5.41, 5.74) is 2.31. The van der Waals surface area contributed by atoms with Crippen LogP contribution >= 0.6 is 23.4 Å². The molecule has 0 unspecified atom stereocenters. The Morgan fingerprint density at radius 1 is 0.929 bits per heavy atom. The van der Waals surface area contributed by atoms with Crippen LogP contribution in [0, 0.1) is 11.3 Å². The first-order valence-electron chi connectivity index (χ1n) is 8.51. The van der Waals surface area contributed by atoms with E-state index in [0.717, 1.165) is 11.1 Å². The Kier molecular flexibility index (Phi) is 5.38. The van der Waals surface area contributed by atoms with Crippen LogP contribution in [0.2, 0.25) is 5.02 Å². The maximum Gasteiger partial charge on any atom is 0.198 e. The molecule has 0 fully saturated rings. The number of nitrogens with zero attached hydrogens (tertiary/aromatic N) is 5. The van der Waals surface area contributed by atoms with Gasteiger partial charge in [-0.25, -0.2) is 4.98 Å². The van der Waals surface area contributed by atoms with Gasteiger partial charge in [-0.15, -0.1) is 10.2 Å².